The molecule has 0 N–H and O–H groups in total. The molecular formula is C32H24N4Si. The second kappa shape index (κ2) is 10.1. The highest BCUT2D eigenvalue weighted by atomic mass is 28.3. The second-order valence-electron chi connectivity index (χ2n) is 8.78. The van der Waals surface area contributed by atoms with E-state index in [1.54, 1.807) is 0 Å². The summed E-state index contributed by atoms with van der Waals surface area (Å²) in [7, 11) is -2.95. The maximum absolute atomic E-state index is 4.75. The van der Waals surface area contributed by atoms with Gasteiger partial charge >= 0.3 is 0 Å². The summed E-state index contributed by atoms with van der Waals surface area (Å²) in [6, 6.07) is 36.0. The van der Waals surface area contributed by atoms with Crippen LogP contribution in [-0.4, -0.2) is 28.0 Å². The van der Waals surface area contributed by atoms with Gasteiger partial charge in [0, 0.05) is 54.5 Å². The Morgan fingerprint density at radius 1 is 0.432 bits per heavy atom. The third kappa shape index (κ3) is 4.05. The van der Waals surface area contributed by atoms with Crippen LogP contribution in [0, 0.1) is 0 Å². The normalized spacial score (nSPS) is 11.2. The van der Waals surface area contributed by atoms with Crippen molar-refractivity contribution >= 4 is 28.8 Å². The van der Waals surface area contributed by atoms with E-state index in [4.69, 9.17) is 9.97 Å². The van der Waals surface area contributed by atoms with Crippen LogP contribution in [0.25, 0.3) is 22.4 Å². The smallest absolute Gasteiger partial charge is 0.184 e. The van der Waals surface area contributed by atoms with Crippen molar-refractivity contribution in [2.75, 3.05) is 0 Å². The minimum Gasteiger partial charge on any atom is -0.265 e. The van der Waals surface area contributed by atoms with E-state index < -0.39 is 8.07 Å². The van der Waals surface area contributed by atoms with Gasteiger partial charge in [-0.3, -0.25) is 19.9 Å². The van der Waals surface area contributed by atoms with Crippen molar-refractivity contribution in [2.24, 2.45) is 0 Å². The fourth-order valence-electron chi connectivity index (χ4n) is 5.22. The molecule has 0 aliphatic rings. The largest absolute Gasteiger partial charge is 0.265 e. The summed E-state index contributed by atoms with van der Waals surface area (Å²) in [5, 5.41) is 4.86. The van der Waals surface area contributed by atoms with Crippen molar-refractivity contribution in [3.8, 4) is 22.4 Å². The maximum atomic E-state index is 4.75. The van der Waals surface area contributed by atoms with Gasteiger partial charge in [-0.25, -0.2) is 0 Å². The summed E-state index contributed by atoms with van der Waals surface area (Å²) in [5.41, 5.74) is 4.19. The Labute approximate surface area is 217 Å². The maximum Gasteiger partial charge on any atom is 0.184 e. The zero-order valence-corrected chi connectivity index (χ0v) is 21.1. The highest BCUT2D eigenvalue weighted by Crippen LogP contribution is 2.23. The molecule has 0 atom stereocenters. The molecule has 5 heteroatoms. The topological polar surface area (TPSA) is 51.6 Å². The summed E-state index contributed by atoms with van der Waals surface area (Å²) in [4.78, 5) is 18.6. The van der Waals surface area contributed by atoms with Crippen molar-refractivity contribution in [2.45, 2.75) is 0 Å². The lowest BCUT2D eigenvalue weighted by atomic mass is 10.1. The number of hydrogen-bond donors (Lipinski definition) is 0. The van der Waals surface area contributed by atoms with E-state index in [2.05, 4.69) is 94.9 Å². The van der Waals surface area contributed by atoms with E-state index in [1.807, 2.05) is 61.6 Å². The summed E-state index contributed by atoms with van der Waals surface area (Å²) in [6.45, 7) is 0. The zero-order chi connectivity index (χ0) is 24.9. The Balaban J connectivity index is 1.80. The van der Waals surface area contributed by atoms with Gasteiger partial charge in [0.15, 0.2) is 8.07 Å². The highest BCUT2D eigenvalue weighted by molar-refractivity contribution is 7.20. The highest BCUT2D eigenvalue weighted by Gasteiger charge is 2.45. The van der Waals surface area contributed by atoms with Gasteiger partial charge in [-0.1, -0.05) is 72.8 Å². The summed E-state index contributed by atoms with van der Waals surface area (Å²) >= 11 is 0. The van der Waals surface area contributed by atoms with Crippen LogP contribution in [0.4, 0.5) is 0 Å². The Morgan fingerprint density at radius 2 is 1.03 bits per heavy atom. The van der Waals surface area contributed by atoms with Crippen LogP contribution < -0.4 is 20.7 Å². The Kier molecular flexibility index (Phi) is 6.19. The Bertz CT molecular complexity index is 1480. The van der Waals surface area contributed by atoms with Crippen molar-refractivity contribution in [1.82, 2.24) is 19.9 Å². The molecule has 0 aliphatic carbocycles. The molecule has 4 aromatic heterocycles. The molecule has 37 heavy (non-hydrogen) atoms. The predicted molar refractivity (Wildman–Crippen MR) is 152 cm³/mol. The number of rotatable bonds is 6. The molecular weight excluding hydrogens is 468 g/mol. The van der Waals surface area contributed by atoms with Crippen molar-refractivity contribution < 1.29 is 0 Å². The quantitative estimate of drug-likeness (QED) is 0.330. The Morgan fingerprint density at radius 3 is 1.62 bits per heavy atom. The molecule has 0 spiro atoms. The van der Waals surface area contributed by atoms with Crippen molar-refractivity contribution in [3.63, 3.8) is 0 Å². The van der Waals surface area contributed by atoms with Gasteiger partial charge in [0.25, 0.3) is 0 Å². The fraction of sp³-hybridized carbons (Fsp3) is 0. The number of hydrogen-bond acceptors (Lipinski definition) is 4. The molecule has 0 fully saturated rings. The van der Waals surface area contributed by atoms with Gasteiger partial charge < -0.3 is 0 Å². The van der Waals surface area contributed by atoms with Gasteiger partial charge in [-0.2, -0.15) is 0 Å². The fourth-order valence-corrected chi connectivity index (χ4v) is 10.3. The first-order valence-corrected chi connectivity index (χ1v) is 14.2. The minimum absolute atomic E-state index is 0.926. The molecule has 4 heterocycles. The van der Waals surface area contributed by atoms with E-state index in [9.17, 15) is 0 Å². The molecule has 6 rings (SSSR count). The van der Waals surface area contributed by atoms with E-state index in [-0.39, 0.29) is 0 Å². The number of pyridine rings is 4. The van der Waals surface area contributed by atoms with Crippen LogP contribution in [0.5, 0.6) is 0 Å². The van der Waals surface area contributed by atoms with E-state index in [0.717, 1.165) is 22.4 Å². The molecule has 0 unspecified atom stereocenters. The molecule has 4 nitrogen and oxygen atoms in total. The summed E-state index contributed by atoms with van der Waals surface area (Å²) < 4.78 is 0. The van der Waals surface area contributed by atoms with Gasteiger partial charge in [0.1, 0.15) is 0 Å². The van der Waals surface area contributed by atoms with Gasteiger partial charge in [-0.15, -0.1) is 0 Å². The molecule has 0 saturated carbocycles. The van der Waals surface area contributed by atoms with Crippen LogP contribution in [0.2, 0.25) is 0 Å². The molecule has 2 aromatic carbocycles. The summed E-state index contributed by atoms with van der Waals surface area (Å²) in [6.07, 6.45) is 13.4. The van der Waals surface area contributed by atoms with Crippen LogP contribution in [0.1, 0.15) is 0 Å². The third-order valence-electron chi connectivity index (χ3n) is 6.78. The third-order valence-corrected chi connectivity index (χ3v) is 11.6. The molecule has 176 valence electrons. The molecule has 0 aliphatic heterocycles. The van der Waals surface area contributed by atoms with E-state index >= 15 is 0 Å². The predicted octanol–water partition coefficient (Wildman–Crippen LogP) is 3.98. The average Bonchev–Trinajstić information content (AvgIpc) is 3.00. The number of aromatic nitrogens is 4. The molecule has 0 radical (unpaired) electrons. The number of nitrogens with zero attached hydrogens (tertiary/aromatic N) is 4. The average molecular weight is 493 g/mol. The lowest BCUT2D eigenvalue weighted by Crippen LogP contribution is -2.75. The van der Waals surface area contributed by atoms with Crippen molar-refractivity contribution in [1.29, 1.82) is 0 Å². The molecule has 0 bridgehead atoms. The molecule has 0 saturated heterocycles. The van der Waals surface area contributed by atoms with Crippen LogP contribution in [0.15, 0.2) is 147 Å². The molecule has 0 amide bonds. The Hall–Kier alpha value is -4.74. The van der Waals surface area contributed by atoms with E-state index in [1.165, 1.54) is 20.7 Å². The lowest BCUT2D eigenvalue weighted by molar-refractivity contribution is 1.30. The monoisotopic (exact) mass is 492 g/mol. The van der Waals surface area contributed by atoms with Crippen molar-refractivity contribution in [3.05, 3.63) is 147 Å². The first-order chi connectivity index (χ1) is 18.4. The zero-order valence-electron chi connectivity index (χ0n) is 20.1. The van der Waals surface area contributed by atoms with Crippen LogP contribution in [-0.2, 0) is 0 Å². The van der Waals surface area contributed by atoms with Crippen LogP contribution in [0.3, 0.4) is 0 Å². The van der Waals surface area contributed by atoms with E-state index in [0.29, 0.717) is 0 Å². The SMILES string of the molecule is c1ccc([Si](c2ccccc2)(c2cnccc2-c2cccnc2)c2cnccc2-c2ccccn2)cc1. The standard InChI is InChI=1S/C32H24N4Si/c1-3-11-26(12-4-1)37(27-13-5-2-6-14-27,31-23-34-20-16-28(31)25-10-9-18-33-22-25)32-24-35-21-17-29(32)30-15-7-8-19-36-30/h1-24H. The van der Waals surface area contributed by atoms with Gasteiger partial charge in [-0.05, 0) is 56.6 Å². The number of benzene rings is 2. The summed E-state index contributed by atoms with van der Waals surface area (Å²) in [5.74, 6) is 0. The second-order valence-corrected chi connectivity index (χ2v) is 12.5. The molecule has 6 aromatic rings. The van der Waals surface area contributed by atoms with Gasteiger partial charge in [0.2, 0.25) is 0 Å². The first kappa shape index (κ1) is 22.7. The minimum atomic E-state index is -2.95. The van der Waals surface area contributed by atoms with Crippen LogP contribution >= 0.6 is 0 Å². The first-order valence-electron chi connectivity index (χ1n) is 12.2. The van der Waals surface area contributed by atoms with Gasteiger partial charge in [0.05, 0.1) is 5.69 Å². The lowest BCUT2D eigenvalue weighted by Gasteiger charge is -2.36.